The lowest BCUT2D eigenvalue weighted by atomic mass is 10.0. The minimum Gasteiger partial charge on any atom is -0.497 e. The average molecular weight is 384 g/mol. The van der Waals surface area contributed by atoms with Gasteiger partial charge in [0.05, 0.1) is 33.8 Å². The summed E-state index contributed by atoms with van der Waals surface area (Å²) in [7, 11) is 6.97. The number of hydrogen-bond acceptors (Lipinski definition) is 5. The third-order valence-electron chi connectivity index (χ3n) is 5.28. The summed E-state index contributed by atoms with van der Waals surface area (Å²) in [5.74, 6) is 2.25. The number of nitrogens with zero attached hydrogens (tertiary/aromatic N) is 2. The second kappa shape index (κ2) is 8.97. The van der Waals surface area contributed by atoms with Gasteiger partial charge in [0.1, 0.15) is 5.75 Å². The van der Waals surface area contributed by atoms with Gasteiger partial charge in [-0.1, -0.05) is 18.2 Å². The lowest BCUT2D eigenvalue weighted by Crippen LogP contribution is -2.49. The zero-order valence-electron chi connectivity index (χ0n) is 17.0. The molecule has 1 saturated heterocycles. The summed E-state index contributed by atoms with van der Waals surface area (Å²) < 4.78 is 16.0. The van der Waals surface area contributed by atoms with Crippen LogP contribution in [0.25, 0.3) is 0 Å². The first kappa shape index (κ1) is 20.0. The molecule has 0 spiro atoms. The predicted molar refractivity (Wildman–Crippen MR) is 108 cm³/mol. The molecule has 0 aliphatic carbocycles. The number of hydrogen-bond donors (Lipinski definition) is 0. The first-order valence-corrected chi connectivity index (χ1v) is 9.38. The van der Waals surface area contributed by atoms with Crippen molar-refractivity contribution in [3.63, 3.8) is 0 Å². The monoisotopic (exact) mass is 384 g/mol. The Kier molecular flexibility index (Phi) is 6.41. The number of methoxy groups -OCH3 is 3. The summed E-state index contributed by atoms with van der Waals surface area (Å²) in [6.45, 7) is 2.22. The van der Waals surface area contributed by atoms with E-state index in [1.807, 2.05) is 41.3 Å². The number of benzene rings is 2. The highest BCUT2D eigenvalue weighted by molar-refractivity contribution is 5.79. The fraction of sp³-hybridized carbons (Fsp3) is 0.409. The topological polar surface area (TPSA) is 51.2 Å². The number of carbonyl (C=O) groups is 1. The molecule has 6 nitrogen and oxygen atoms in total. The second-order valence-corrected chi connectivity index (χ2v) is 6.98. The lowest BCUT2D eigenvalue weighted by Gasteiger charge is -2.40. The van der Waals surface area contributed by atoms with Gasteiger partial charge in [0.2, 0.25) is 5.91 Å². The molecule has 0 bridgehead atoms. The molecule has 1 heterocycles. The van der Waals surface area contributed by atoms with Gasteiger partial charge in [0.15, 0.2) is 11.5 Å². The van der Waals surface area contributed by atoms with Gasteiger partial charge < -0.3 is 19.1 Å². The van der Waals surface area contributed by atoms with Gasteiger partial charge in [-0.3, -0.25) is 9.69 Å². The van der Waals surface area contributed by atoms with Crippen molar-refractivity contribution >= 4 is 5.91 Å². The maximum Gasteiger partial charge on any atom is 0.227 e. The molecule has 0 radical (unpaired) electrons. The van der Waals surface area contributed by atoms with Gasteiger partial charge in [-0.15, -0.1) is 0 Å². The Morgan fingerprint density at radius 3 is 2.50 bits per heavy atom. The highest BCUT2D eigenvalue weighted by Crippen LogP contribution is 2.29. The number of amides is 1. The maximum absolute atomic E-state index is 12.9. The van der Waals surface area contributed by atoms with Crippen LogP contribution in [-0.4, -0.2) is 63.7 Å². The number of ether oxygens (including phenoxy) is 3. The van der Waals surface area contributed by atoms with E-state index in [9.17, 15) is 4.79 Å². The van der Waals surface area contributed by atoms with Crippen LogP contribution in [0.1, 0.15) is 17.2 Å². The van der Waals surface area contributed by atoms with Crippen molar-refractivity contribution in [3.05, 3.63) is 53.6 Å². The summed E-state index contributed by atoms with van der Waals surface area (Å²) in [6, 6.07) is 13.8. The van der Waals surface area contributed by atoms with Gasteiger partial charge in [0, 0.05) is 19.6 Å². The van der Waals surface area contributed by atoms with Crippen molar-refractivity contribution in [1.82, 2.24) is 9.80 Å². The zero-order valence-corrected chi connectivity index (χ0v) is 17.0. The normalized spacial score (nSPS) is 17.3. The van der Waals surface area contributed by atoms with Crippen molar-refractivity contribution in [3.8, 4) is 17.2 Å². The van der Waals surface area contributed by atoms with Crippen molar-refractivity contribution < 1.29 is 19.0 Å². The van der Waals surface area contributed by atoms with Crippen LogP contribution in [0.4, 0.5) is 0 Å². The zero-order chi connectivity index (χ0) is 20.1. The molecule has 0 saturated carbocycles. The standard InChI is InChI=1S/C22H28N2O4/c1-23-10-11-24(15-19(23)17-6-5-7-18(14-17)26-2)22(25)13-16-8-9-20(27-3)21(12-16)28-4/h5-9,12,14,19H,10-11,13,15H2,1-4H3. The molecule has 6 heteroatoms. The van der Waals surface area contributed by atoms with Gasteiger partial charge >= 0.3 is 0 Å². The predicted octanol–water partition coefficient (Wildman–Crippen LogP) is 2.77. The quantitative estimate of drug-likeness (QED) is 0.767. The second-order valence-electron chi connectivity index (χ2n) is 6.98. The molecule has 1 fully saturated rings. The maximum atomic E-state index is 12.9. The number of likely N-dealkylation sites (N-methyl/N-ethyl adjacent to an activating group) is 1. The highest BCUT2D eigenvalue weighted by Gasteiger charge is 2.28. The molecule has 2 aromatic rings. The fourth-order valence-corrected chi connectivity index (χ4v) is 3.59. The van der Waals surface area contributed by atoms with Crippen LogP contribution in [0.5, 0.6) is 17.2 Å². The molecule has 3 rings (SSSR count). The minimum absolute atomic E-state index is 0.119. The van der Waals surface area contributed by atoms with Crippen LogP contribution < -0.4 is 14.2 Å². The smallest absolute Gasteiger partial charge is 0.227 e. The van der Waals surface area contributed by atoms with Gasteiger partial charge in [-0.05, 0) is 42.4 Å². The molecule has 2 aromatic carbocycles. The fourth-order valence-electron chi connectivity index (χ4n) is 3.59. The summed E-state index contributed by atoms with van der Waals surface area (Å²) in [4.78, 5) is 17.2. The Balaban J connectivity index is 1.72. The molecule has 150 valence electrons. The van der Waals surface area contributed by atoms with E-state index in [1.165, 1.54) is 0 Å². The first-order chi connectivity index (χ1) is 13.5. The molecule has 1 aliphatic rings. The number of carbonyl (C=O) groups excluding carboxylic acids is 1. The van der Waals surface area contributed by atoms with E-state index in [1.54, 1.807) is 21.3 Å². The van der Waals surface area contributed by atoms with E-state index in [-0.39, 0.29) is 11.9 Å². The Hall–Kier alpha value is -2.73. The van der Waals surface area contributed by atoms with Crippen LogP contribution in [0, 0.1) is 0 Å². The molecule has 0 N–H and O–H groups in total. The van der Waals surface area contributed by atoms with Crippen LogP contribution in [0.15, 0.2) is 42.5 Å². The van der Waals surface area contributed by atoms with Crippen LogP contribution in [0.3, 0.4) is 0 Å². The van der Waals surface area contributed by atoms with E-state index in [4.69, 9.17) is 14.2 Å². The van der Waals surface area contributed by atoms with Gasteiger partial charge in [-0.2, -0.15) is 0 Å². The molecular weight excluding hydrogens is 356 g/mol. The van der Waals surface area contributed by atoms with E-state index >= 15 is 0 Å². The van der Waals surface area contributed by atoms with Gasteiger partial charge in [0.25, 0.3) is 0 Å². The molecule has 1 amide bonds. The Morgan fingerprint density at radius 2 is 1.79 bits per heavy atom. The molecule has 1 aliphatic heterocycles. The SMILES string of the molecule is COc1cccc(C2CN(C(=O)Cc3ccc(OC)c(OC)c3)CCN2C)c1. The van der Waals surface area contributed by atoms with Crippen molar-refractivity contribution in [2.75, 3.05) is 48.0 Å². The summed E-state index contributed by atoms with van der Waals surface area (Å²) in [5.41, 5.74) is 2.07. The van der Waals surface area contributed by atoms with E-state index in [0.717, 1.165) is 30.0 Å². The van der Waals surface area contributed by atoms with Crippen molar-refractivity contribution in [2.24, 2.45) is 0 Å². The van der Waals surface area contributed by atoms with E-state index in [0.29, 0.717) is 24.5 Å². The molecule has 28 heavy (non-hydrogen) atoms. The summed E-state index contributed by atoms with van der Waals surface area (Å²) >= 11 is 0. The highest BCUT2D eigenvalue weighted by atomic mass is 16.5. The lowest BCUT2D eigenvalue weighted by molar-refractivity contribution is -0.133. The Morgan fingerprint density at radius 1 is 1.00 bits per heavy atom. The molecule has 0 aromatic heterocycles. The third kappa shape index (κ3) is 4.39. The van der Waals surface area contributed by atoms with E-state index in [2.05, 4.69) is 18.0 Å². The molecular formula is C22H28N2O4. The number of piperazine rings is 1. The largest absolute Gasteiger partial charge is 0.497 e. The van der Waals surface area contributed by atoms with Crippen LogP contribution in [-0.2, 0) is 11.2 Å². The van der Waals surface area contributed by atoms with Crippen LogP contribution >= 0.6 is 0 Å². The van der Waals surface area contributed by atoms with Crippen molar-refractivity contribution in [1.29, 1.82) is 0 Å². The van der Waals surface area contributed by atoms with Gasteiger partial charge in [-0.25, -0.2) is 0 Å². The molecule has 1 atom stereocenters. The third-order valence-corrected chi connectivity index (χ3v) is 5.28. The number of rotatable bonds is 6. The summed E-state index contributed by atoms with van der Waals surface area (Å²) in [6.07, 6.45) is 0.342. The Labute approximate surface area is 166 Å². The minimum atomic E-state index is 0.119. The van der Waals surface area contributed by atoms with Crippen molar-refractivity contribution in [2.45, 2.75) is 12.5 Å². The van der Waals surface area contributed by atoms with E-state index < -0.39 is 0 Å². The average Bonchev–Trinajstić information content (AvgIpc) is 2.73. The summed E-state index contributed by atoms with van der Waals surface area (Å²) in [5, 5.41) is 0. The first-order valence-electron chi connectivity index (χ1n) is 9.38. The molecule has 1 unspecified atom stereocenters. The Bertz CT molecular complexity index is 824. The van der Waals surface area contributed by atoms with Crippen LogP contribution in [0.2, 0.25) is 0 Å².